The van der Waals surface area contributed by atoms with E-state index in [0.29, 0.717) is 37.0 Å². The number of carbonyl (C=O) groups excluding carboxylic acids is 1. The summed E-state index contributed by atoms with van der Waals surface area (Å²) in [6.45, 7) is 5.45. The van der Waals surface area contributed by atoms with Crippen LogP contribution in [0.3, 0.4) is 0 Å². The summed E-state index contributed by atoms with van der Waals surface area (Å²) in [4.78, 5) is 14.9. The van der Waals surface area contributed by atoms with E-state index < -0.39 is 20.8 Å². The third kappa shape index (κ3) is 4.17. The lowest BCUT2D eigenvalue weighted by molar-refractivity contribution is -0.125. The number of methoxy groups -OCH3 is 1. The Morgan fingerprint density at radius 1 is 1.16 bits per heavy atom. The molecule has 0 aliphatic carbocycles. The Bertz CT molecular complexity index is 1140. The van der Waals surface area contributed by atoms with Crippen molar-refractivity contribution in [3.8, 4) is 5.75 Å². The van der Waals surface area contributed by atoms with Gasteiger partial charge in [0.2, 0.25) is 14.9 Å². The van der Waals surface area contributed by atoms with Crippen molar-refractivity contribution in [3.05, 3.63) is 53.6 Å². The fourth-order valence-electron chi connectivity index (χ4n) is 3.95. The summed E-state index contributed by atoms with van der Waals surface area (Å²) in [6.07, 6.45) is 1.73. The van der Waals surface area contributed by atoms with E-state index in [4.69, 9.17) is 4.74 Å². The van der Waals surface area contributed by atoms with E-state index in [9.17, 15) is 13.2 Å². The predicted molar refractivity (Wildman–Crippen MR) is 120 cm³/mol. The van der Waals surface area contributed by atoms with Gasteiger partial charge in [0.1, 0.15) is 5.75 Å². The van der Waals surface area contributed by atoms with E-state index in [2.05, 4.69) is 12.0 Å². The number of nitrogens with zero attached hydrogens (tertiary/aromatic N) is 3. The van der Waals surface area contributed by atoms with Gasteiger partial charge in [-0.2, -0.15) is 5.10 Å². The quantitative estimate of drug-likeness (QED) is 0.727. The van der Waals surface area contributed by atoms with Gasteiger partial charge >= 0.3 is 0 Å². The molecule has 0 bridgehead atoms. The lowest BCUT2D eigenvalue weighted by atomic mass is 9.99. The SMILES string of the molecule is COc1cccc(CN2N=C(C(=O)N3CCC(C)CC3)S(=O)(=O)c3ccc(C)cc32)c1. The number of amides is 1. The van der Waals surface area contributed by atoms with Crippen molar-refractivity contribution in [1.29, 1.82) is 0 Å². The molecular formula is C23H27N3O4S. The van der Waals surface area contributed by atoms with Gasteiger partial charge in [0, 0.05) is 13.1 Å². The van der Waals surface area contributed by atoms with Crippen LogP contribution in [-0.4, -0.2) is 44.5 Å². The molecule has 0 aromatic heterocycles. The zero-order chi connectivity index (χ0) is 22.2. The first-order chi connectivity index (χ1) is 14.8. The van der Waals surface area contributed by atoms with Crippen molar-refractivity contribution in [1.82, 2.24) is 4.90 Å². The van der Waals surface area contributed by atoms with Crippen LogP contribution < -0.4 is 9.75 Å². The zero-order valence-corrected chi connectivity index (χ0v) is 18.9. The van der Waals surface area contributed by atoms with Crippen LogP contribution in [0.25, 0.3) is 0 Å². The fourth-order valence-corrected chi connectivity index (χ4v) is 5.41. The number of piperidine rings is 1. The molecule has 164 valence electrons. The molecule has 1 fully saturated rings. The Morgan fingerprint density at radius 3 is 2.61 bits per heavy atom. The topological polar surface area (TPSA) is 79.3 Å². The standard InChI is InChI=1S/C23H27N3O4S/c1-16-9-11-25(12-10-16)23(27)22-24-26(15-18-5-4-6-19(14-18)30-3)20-13-17(2)7-8-21(20)31(22,28)29/h4-8,13-14,16H,9-12,15H2,1-3H3. The highest BCUT2D eigenvalue weighted by Crippen LogP contribution is 2.34. The second-order valence-electron chi connectivity index (χ2n) is 8.26. The summed E-state index contributed by atoms with van der Waals surface area (Å²) in [5, 5.41) is 5.60. The van der Waals surface area contributed by atoms with Gasteiger partial charge in [0.25, 0.3) is 5.91 Å². The number of carbonyl (C=O) groups is 1. The minimum Gasteiger partial charge on any atom is -0.497 e. The molecule has 1 saturated heterocycles. The average molecular weight is 442 g/mol. The second kappa shape index (κ2) is 8.34. The molecule has 0 spiro atoms. The number of fused-ring (bicyclic) bond motifs is 1. The number of aryl methyl sites for hydroxylation is 1. The first-order valence-electron chi connectivity index (χ1n) is 10.4. The number of anilines is 1. The van der Waals surface area contributed by atoms with Crippen LogP contribution in [0.5, 0.6) is 5.75 Å². The summed E-state index contributed by atoms with van der Waals surface area (Å²) in [6, 6.07) is 12.6. The average Bonchev–Trinajstić information content (AvgIpc) is 2.75. The van der Waals surface area contributed by atoms with E-state index in [0.717, 1.165) is 24.0 Å². The third-order valence-electron chi connectivity index (χ3n) is 5.87. The molecule has 7 nitrogen and oxygen atoms in total. The first-order valence-corrected chi connectivity index (χ1v) is 11.9. The van der Waals surface area contributed by atoms with Crippen LogP contribution in [0.15, 0.2) is 52.5 Å². The molecule has 4 rings (SSSR count). The lowest BCUT2D eigenvalue weighted by Gasteiger charge is -2.33. The molecule has 2 aromatic carbocycles. The first kappa shape index (κ1) is 21.4. The number of sulfone groups is 1. The third-order valence-corrected chi connectivity index (χ3v) is 7.56. The molecule has 0 N–H and O–H groups in total. The van der Waals surface area contributed by atoms with Crippen molar-refractivity contribution in [2.45, 2.75) is 38.1 Å². The molecular weight excluding hydrogens is 414 g/mol. The van der Waals surface area contributed by atoms with Gasteiger partial charge in [-0.3, -0.25) is 9.80 Å². The van der Waals surface area contributed by atoms with Gasteiger partial charge in [-0.15, -0.1) is 0 Å². The number of ether oxygens (including phenoxy) is 1. The zero-order valence-electron chi connectivity index (χ0n) is 18.0. The number of likely N-dealkylation sites (tertiary alicyclic amines) is 1. The van der Waals surface area contributed by atoms with Crippen molar-refractivity contribution in [2.24, 2.45) is 11.0 Å². The molecule has 8 heteroatoms. The smallest absolute Gasteiger partial charge is 0.286 e. The van der Waals surface area contributed by atoms with Gasteiger partial charge in [-0.25, -0.2) is 8.42 Å². The van der Waals surface area contributed by atoms with E-state index >= 15 is 0 Å². The predicted octanol–water partition coefficient (Wildman–Crippen LogP) is 3.37. The largest absolute Gasteiger partial charge is 0.497 e. The summed E-state index contributed by atoms with van der Waals surface area (Å²) in [5.41, 5.74) is 2.29. The van der Waals surface area contributed by atoms with E-state index in [-0.39, 0.29) is 4.90 Å². The van der Waals surface area contributed by atoms with Crippen molar-refractivity contribution < 1.29 is 17.9 Å². The summed E-state index contributed by atoms with van der Waals surface area (Å²) in [7, 11) is -2.41. The molecule has 2 aliphatic rings. The highest BCUT2D eigenvalue weighted by molar-refractivity contribution is 8.08. The van der Waals surface area contributed by atoms with Gasteiger partial charge in [0.15, 0.2) is 0 Å². The van der Waals surface area contributed by atoms with Gasteiger partial charge < -0.3 is 9.64 Å². The highest BCUT2D eigenvalue weighted by Gasteiger charge is 2.40. The fraction of sp³-hybridized carbons (Fsp3) is 0.391. The molecule has 2 heterocycles. The molecule has 0 unspecified atom stereocenters. The van der Waals surface area contributed by atoms with Gasteiger partial charge in [-0.05, 0) is 61.1 Å². The number of hydrazone groups is 1. The van der Waals surface area contributed by atoms with Gasteiger partial charge in [-0.1, -0.05) is 25.1 Å². The number of rotatable bonds is 4. The van der Waals surface area contributed by atoms with Crippen LogP contribution in [0, 0.1) is 12.8 Å². The Kier molecular flexibility index (Phi) is 5.75. The Morgan fingerprint density at radius 2 is 1.90 bits per heavy atom. The molecule has 31 heavy (non-hydrogen) atoms. The van der Waals surface area contributed by atoms with E-state index in [1.54, 1.807) is 35.2 Å². The Labute approximate surface area is 183 Å². The highest BCUT2D eigenvalue weighted by atomic mass is 32.2. The Hall–Kier alpha value is -2.87. The molecule has 0 radical (unpaired) electrons. The van der Waals surface area contributed by atoms with Crippen molar-refractivity contribution in [3.63, 3.8) is 0 Å². The minimum absolute atomic E-state index is 0.115. The number of benzene rings is 2. The number of hydrogen-bond donors (Lipinski definition) is 0. The molecule has 1 amide bonds. The molecule has 2 aliphatic heterocycles. The minimum atomic E-state index is -4.01. The summed E-state index contributed by atoms with van der Waals surface area (Å²) < 4.78 is 32.0. The second-order valence-corrected chi connectivity index (χ2v) is 10.1. The van der Waals surface area contributed by atoms with Crippen LogP contribution in [0.4, 0.5) is 5.69 Å². The van der Waals surface area contributed by atoms with E-state index in [1.165, 1.54) is 0 Å². The maximum Gasteiger partial charge on any atom is 0.286 e. The maximum absolute atomic E-state index is 13.3. The van der Waals surface area contributed by atoms with Crippen molar-refractivity contribution >= 4 is 26.5 Å². The van der Waals surface area contributed by atoms with Crippen LogP contribution >= 0.6 is 0 Å². The van der Waals surface area contributed by atoms with Gasteiger partial charge in [0.05, 0.1) is 24.2 Å². The monoisotopic (exact) mass is 441 g/mol. The number of hydrogen-bond acceptors (Lipinski definition) is 6. The van der Waals surface area contributed by atoms with Crippen LogP contribution in [0.1, 0.15) is 30.9 Å². The van der Waals surface area contributed by atoms with E-state index in [1.807, 2.05) is 31.2 Å². The lowest BCUT2D eigenvalue weighted by Crippen LogP contribution is -2.46. The normalized spacial score (nSPS) is 18.4. The van der Waals surface area contributed by atoms with Crippen LogP contribution in [-0.2, 0) is 21.2 Å². The molecule has 0 saturated carbocycles. The summed E-state index contributed by atoms with van der Waals surface area (Å²) >= 11 is 0. The Balaban J connectivity index is 1.75. The molecule has 0 atom stereocenters. The van der Waals surface area contributed by atoms with Crippen molar-refractivity contribution in [2.75, 3.05) is 25.2 Å². The van der Waals surface area contributed by atoms with Crippen LogP contribution in [0.2, 0.25) is 0 Å². The maximum atomic E-state index is 13.3. The molecule has 2 aromatic rings. The summed E-state index contributed by atoms with van der Waals surface area (Å²) in [5.74, 6) is 0.713.